The first-order chi connectivity index (χ1) is 12.9. The van der Waals surface area contributed by atoms with Crippen LogP contribution in [-0.2, 0) is 14.4 Å². The second-order valence-corrected chi connectivity index (χ2v) is 9.58. The van der Waals surface area contributed by atoms with Gasteiger partial charge in [0.05, 0.1) is 16.6 Å². The zero-order chi connectivity index (χ0) is 19.8. The number of likely N-dealkylation sites (tertiary alicyclic amines) is 1. The van der Waals surface area contributed by atoms with Gasteiger partial charge in [-0.3, -0.25) is 14.4 Å². The second-order valence-electron chi connectivity index (χ2n) is 7.98. The van der Waals surface area contributed by atoms with Gasteiger partial charge in [-0.25, -0.2) is 0 Å². The molecule has 3 aliphatic heterocycles. The fraction of sp³-hybridized carbons (Fsp3) is 0.842. The summed E-state index contributed by atoms with van der Waals surface area (Å²) in [7, 11) is 1.60. The van der Waals surface area contributed by atoms with Crippen molar-refractivity contribution in [1.82, 2.24) is 15.5 Å². The second kappa shape index (κ2) is 7.99. The molecule has 0 aromatic rings. The monoisotopic (exact) mass is 397 g/mol. The first-order valence-electron chi connectivity index (χ1n) is 10.0. The lowest BCUT2D eigenvalue weighted by Crippen LogP contribution is -2.55. The molecular weight excluding hydrogens is 366 g/mol. The maximum Gasteiger partial charge on any atom is 0.244 e. The summed E-state index contributed by atoms with van der Waals surface area (Å²) in [5.41, 5.74) is 0. The van der Waals surface area contributed by atoms with Gasteiger partial charge in [0.1, 0.15) is 6.04 Å². The number of hydrogen-bond acceptors (Lipinski definition) is 5. The minimum atomic E-state index is -0.564. The average Bonchev–Trinajstić information content (AvgIpc) is 3.26. The maximum atomic E-state index is 13.3. The van der Waals surface area contributed by atoms with E-state index < -0.39 is 16.7 Å². The molecule has 3 saturated heterocycles. The molecule has 8 heteroatoms. The average molecular weight is 398 g/mol. The van der Waals surface area contributed by atoms with Gasteiger partial charge in [0.2, 0.25) is 17.7 Å². The van der Waals surface area contributed by atoms with Crippen molar-refractivity contribution in [2.75, 3.05) is 20.2 Å². The number of amides is 3. The van der Waals surface area contributed by atoms with Crippen LogP contribution in [0.2, 0.25) is 0 Å². The van der Waals surface area contributed by atoms with Crippen LogP contribution in [0.3, 0.4) is 0 Å². The molecule has 6 atom stereocenters. The fourth-order valence-corrected chi connectivity index (χ4v) is 7.45. The van der Waals surface area contributed by atoms with Crippen LogP contribution < -0.4 is 10.6 Å². The van der Waals surface area contributed by atoms with E-state index in [0.717, 1.165) is 25.7 Å². The van der Waals surface area contributed by atoms with Gasteiger partial charge in [-0.2, -0.15) is 0 Å². The zero-order valence-electron chi connectivity index (χ0n) is 16.4. The van der Waals surface area contributed by atoms with Crippen LogP contribution in [0.5, 0.6) is 0 Å². The van der Waals surface area contributed by atoms with E-state index in [9.17, 15) is 19.5 Å². The predicted octanol–water partition coefficient (Wildman–Crippen LogP) is 0.511. The smallest absolute Gasteiger partial charge is 0.244 e. The summed E-state index contributed by atoms with van der Waals surface area (Å²) in [5, 5.41) is 15.2. The van der Waals surface area contributed by atoms with Gasteiger partial charge in [-0.1, -0.05) is 13.3 Å². The minimum Gasteiger partial charge on any atom is -0.396 e. The Bertz CT molecular complexity index is 616. The summed E-state index contributed by atoms with van der Waals surface area (Å²) in [6.45, 7) is 4.38. The van der Waals surface area contributed by atoms with Crippen molar-refractivity contribution in [3.8, 4) is 0 Å². The van der Waals surface area contributed by atoms with Gasteiger partial charge in [-0.05, 0) is 32.6 Å². The molecule has 3 amide bonds. The lowest BCUT2D eigenvalue weighted by atomic mass is 9.70. The van der Waals surface area contributed by atoms with Crippen LogP contribution in [0.1, 0.15) is 46.0 Å². The molecule has 27 heavy (non-hydrogen) atoms. The van der Waals surface area contributed by atoms with E-state index >= 15 is 0 Å². The zero-order valence-corrected chi connectivity index (χ0v) is 17.2. The van der Waals surface area contributed by atoms with Crippen molar-refractivity contribution in [2.45, 2.75) is 68.0 Å². The number of aliphatic hydroxyl groups is 1. The molecule has 0 saturated carbocycles. The molecule has 2 bridgehead atoms. The van der Waals surface area contributed by atoms with Gasteiger partial charge in [0.15, 0.2) is 0 Å². The van der Waals surface area contributed by atoms with E-state index in [1.807, 2.05) is 6.92 Å². The third-order valence-electron chi connectivity index (χ3n) is 6.27. The Hall–Kier alpha value is -1.28. The van der Waals surface area contributed by atoms with Crippen LogP contribution in [0.25, 0.3) is 0 Å². The normalized spacial score (nSPS) is 35.3. The summed E-state index contributed by atoms with van der Waals surface area (Å²) in [5.74, 6) is -1.14. The third-order valence-corrected chi connectivity index (χ3v) is 8.22. The molecule has 3 rings (SSSR count). The predicted molar refractivity (Wildman–Crippen MR) is 104 cm³/mol. The highest BCUT2D eigenvalue weighted by molar-refractivity contribution is 8.02. The molecule has 3 aliphatic rings. The van der Waals surface area contributed by atoms with Gasteiger partial charge < -0.3 is 20.6 Å². The fourth-order valence-electron chi connectivity index (χ4n) is 5.23. The number of carbonyl (C=O) groups is 3. The molecule has 3 unspecified atom stereocenters. The van der Waals surface area contributed by atoms with Gasteiger partial charge >= 0.3 is 0 Å². The van der Waals surface area contributed by atoms with Crippen LogP contribution >= 0.6 is 11.8 Å². The highest BCUT2D eigenvalue weighted by atomic mass is 32.2. The van der Waals surface area contributed by atoms with E-state index in [1.54, 1.807) is 23.7 Å². The number of nitrogens with one attached hydrogen (secondary N) is 2. The van der Waals surface area contributed by atoms with Crippen LogP contribution in [0.4, 0.5) is 0 Å². The number of aliphatic hydroxyl groups excluding tert-OH is 1. The maximum absolute atomic E-state index is 13.3. The molecule has 0 aromatic heterocycles. The Balaban J connectivity index is 1.93. The van der Waals surface area contributed by atoms with E-state index in [1.165, 1.54) is 0 Å². The topological polar surface area (TPSA) is 98.7 Å². The Morgan fingerprint density at radius 1 is 1.41 bits per heavy atom. The summed E-state index contributed by atoms with van der Waals surface area (Å²) in [6, 6.07) is -0.517. The highest BCUT2D eigenvalue weighted by Crippen LogP contribution is 2.66. The number of thioether (sulfide) groups is 1. The van der Waals surface area contributed by atoms with E-state index in [-0.39, 0.29) is 41.5 Å². The van der Waals surface area contributed by atoms with Crippen molar-refractivity contribution in [3.05, 3.63) is 0 Å². The van der Waals surface area contributed by atoms with Crippen LogP contribution in [-0.4, -0.2) is 70.0 Å². The highest BCUT2D eigenvalue weighted by Gasteiger charge is 2.73. The van der Waals surface area contributed by atoms with Crippen molar-refractivity contribution < 1.29 is 19.5 Å². The number of carbonyl (C=O) groups excluding carboxylic acids is 3. The molecule has 152 valence electrons. The molecule has 0 aromatic carbocycles. The van der Waals surface area contributed by atoms with Crippen molar-refractivity contribution >= 4 is 29.5 Å². The Morgan fingerprint density at radius 3 is 2.78 bits per heavy atom. The van der Waals surface area contributed by atoms with Crippen molar-refractivity contribution in [1.29, 1.82) is 0 Å². The molecular formula is C19H31N3O4S. The molecule has 0 aliphatic carbocycles. The quantitative estimate of drug-likeness (QED) is 0.554. The Labute approximate surface area is 165 Å². The molecule has 0 radical (unpaired) electrons. The molecule has 7 nitrogen and oxygen atoms in total. The SMILES string of the molecule is CCCC(C)NC(=O)C1N(CCCO)C(=O)[C@@H]2[C@@H](C(=O)NC)[C@H]3CCC12S3. The van der Waals surface area contributed by atoms with E-state index in [2.05, 4.69) is 17.6 Å². The van der Waals surface area contributed by atoms with E-state index in [4.69, 9.17) is 0 Å². The summed E-state index contributed by atoms with van der Waals surface area (Å²) < 4.78 is -0.523. The standard InChI is InChI=1S/C19H31N3O4S/c1-4-6-11(2)21-17(25)15-19-8-7-12(27-19)13(16(24)20-3)14(19)18(26)22(15)9-5-10-23/h11-15,23H,4-10H2,1-3H3,(H,20,24)(H,21,25)/t11?,12-,13+,14+,15?,19?/m1/s1. The number of rotatable bonds is 8. The molecule has 3 fully saturated rings. The van der Waals surface area contributed by atoms with Crippen molar-refractivity contribution in [2.24, 2.45) is 11.8 Å². The molecule has 3 N–H and O–H groups in total. The Morgan fingerprint density at radius 2 is 2.15 bits per heavy atom. The first-order valence-corrected chi connectivity index (χ1v) is 10.9. The lowest BCUT2D eigenvalue weighted by molar-refractivity contribution is -0.140. The van der Waals surface area contributed by atoms with Gasteiger partial charge in [0, 0.05) is 31.5 Å². The summed E-state index contributed by atoms with van der Waals surface area (Å²) in [6.07, 6.45) is 3.93. The van der Waals surface area contributed by atoms with Crippen molar-refractivity contribution in [3.63, 3.8) is 0 Å². The largest absolute Gasteiger partial charge is 0.396 e. The third kappa shape index (κ3) is 3.24. The summed E-state index contributed by atoms with van der Waals surface area (Å²) >= 11 is 1.67. The van der Waals surface area contributed by atoms with Crippen LogP contribution in [0, 0.1) is 11.8 Å². The van der Waals surface area contributed by atoms with Gasteiger partial charge in [0.25, 0.3) is 0 Å². The van der Waals surface area contributed by atoms with Crippen LogP contribution in [0.15, 0.2) is 0 Å². The first kappa shape index (κ1) is 20.5. The van der Waals surface area contributed by atoms with Gasteiger partial charge in [-0.15, -0.1) is 11.8 Å². The lowest BCUT2D eigenvalue weighted by Gasteiger charge is -2.34. The number of nitrogens with zero attached hydrogens (tertiary/aromatic N) is 1. The molecule has 1 spiro atoms. The Kier molecular flexibility index (Phi) is 6.05. The molecule has 3 heterocycles. The minimum absolute atomic E-state index is 0.0311. The number of hydrogen-bond donors (Lipinski definition) is 3. The summed E-state index contributed by atoms with van der Waals surface area (Å²) in [4.78, 5) is 40.7. The number of fused-ring (bicyclic) bond motifs is 1. The van der Waals surface area contributed by atoms with E-state index in [0.29, 0.717) is 13.0 Å².